The van der Waals surface area contributed by atoms with Gasteiger partial charge in [-0.15, -0.1) is 0 Å². The molecule has 1 aliphatic rings. The highest BCUT2D eigenvalue weighted by Gasteiger charge is 2.46. The van der Waals surface area contributed by atoms with Crippen molar-refractivity contribution in [2.75, 3.05) is 0 Å². The van der Waals surface area contributed by atoms with Gasteiger partial charge in [0.05, 0.1) is 5.41 Å². The summed E-state index contributed by atoms with van der Waals surface area (Å²) in [5.74, 6) is 0.657. The van der Waals surface area contributed by atoms with Crippen molar-refractivity contribution in [2.24, 2.45) is 0 Å². The minimum atomic E-state index is -0.563. The summed E-state index contributed by atoms with van der Waals surface area (Å²) in [6.45, 7) is 0. The predicted octanol–water partition coefficient (Wildman–Crippen LogP) is 12.9. The number of rotatable bonds is 5. The maximum Gasteiger partial charge on any atom is 0.180 e. The SMILES string of the molecule is c1ccc(-c2cc3c(cc2-c2nc(-c4ccc5ccccc5c4)c4oc5ccccc5c4n2)C(c2ccccc2)(c2ccccc2)c2ccccc2-3)cc1. The smallest absolute Gasteiger partial charge is 0.180 e. The maximum absolute atomic E-state index is 6.60. The summed E-state index contributed by atoms with van der Waals surface area (Å²) >= 11 is 0. The van der Waals surface area contributed by atoms with Gasteiger partial charge in [-0.05, 0) is 85.6 Å². The quantitative estimate of drug-likeness (QED) is 0.181. The van der Waals surface area contributed by atoms with E-state index in [0.29, 0.717) is 11.4 Å². The molecule has 0 bridgehead atoms. The van der Waals surface area contributed by atoms with Crippen molar-refractivity contribution in [1.29, 1.82) is 0 Å². The Labute approximate surface area is 312 Å². The van der Waals surface area contributed by atoms with Gasteiger partial charge in [-0.2, -0.15) is 0 Å². The van der Waals surface area contributed by atoms with Crippen LogP contribution in [0, 0.1) is 0 Å². The van der Waals surface area contributed by atoms with Gasteiger partial charge >= 0.3 is 0 Å². The van der Waals surface area contributed by atoms with E-state index in [1.807, 2.05) is 18.2 Å². The van der Waals surface area contributed by atoms with Crippen molar-refractivity contribution in [2.45, 2.75) is 5.41 Å². The van der Waals surface area contributed by atoms with Crippen LogP contribution in [0.1, 0.15) is 22.3 Å². The molecular formula is C51H32N2O. The van der Waals surface area contributed by atoms with E-state index in [4.69, 9.17) is 14.4 Å². The third kappa shape index (κ3) is 4.49. The van der Waals surface area contributed by atoms with Crippen molar-refractivity contribution in [1.82, 2.24) is 9.97 Å². The number of aromatic nitrogens is 2. The number of para-hydroxylation sites is 1. The first-order valence-electron chi connectivity index (χ1n) is 18.4. The topological polar surface area (TPSA) is 38.9 Å². The van der Waals surface area contributed by atoms with Gasteiger partial charge in [-0.25, -0.2) is 9.97 Å². The molecule has 0 aliphatic heterocycles. The Morgan fingerprint density at radius 2 is 1.06 bits per heavy atom. The van der Waals surface area contributed by atoms with Gasteiger partial charge in [0.1, 0.15) is 16.8 Å². The fraction of sp³-hybridized carbons (Fsp3) is 0.0196. The van der Waals surface area contributed by atoms with E-state index in [9.17, 15) is 0 Å². The Bertz CT molecular complexity index is 3000. The molecule has 0 saturated carbocycles. The molecule has 252 valence electrons. The van der Waals surface area contributed by atoms with Gasteiger partial charge in [-0.3, -0.25) is 0 Å². The Balaban J connectivity index is 1.27. The van der Waals surface area contributed by atoms with Gasteiger partial charge in [0.15, 0.2) is 11.4 Å². The second-order valence-corrected chi connectivity index (χ2v) is 14.1. The molecule has 0 amide bonds. The average molecular weight is 689 g/mol. The zero-order valence-corrected chi connectivity index (χ0v) is 29.3. The summed E-state index contributed by atoms with van der Waals surface area (Å²) in [6.07, 6.45) is 0. The van der Waals surface area contributed by atoms with Crippen LogP contribution in [0.4, 0.5) is 0 Å². The summed E-state index contributed by atoms with van der Waals surface area (Å²) in [6, 6.07) is 69.3. The average Bonchev–Trinajstić information content (AvgIpc) is 3.77. The van der Waals surface area contributed by atoms with E-state index in [1.165, 1.54) is 38.8 Å². The molecule has 2 aromatic heterocycles. The van der Waals surface area contributed by atoms with Crippen LogP contribution in [0.15, 0.2) is 199 Å². The molecule has 0 fully saturated rings. The summed E-state index contributed by atoms with van der Waals surface area (Å²) in [4.78, 5) is 10.9. The second kappa shape index (κ2) is 12.0. The molecule has 54 heavy (non-hydrogen) atoms. The molecular weight excluding hydrogens is 657 g/mol. The minimum Gasteiger partial charge on any atom is -0.452 e. The van der Waals surface area contributed by atoms with Crippen molar-refractivity contribution in [3.63, 3.8) is 0 Å². The number of hydrogen-bond donors (Lipinski definition) is 0. The van der Waals surface area contributed by atoms with Crippen molar-refractivity contribution >= 4 is 32.8 Å². The molecule has 0 saturated heterocycles. The number of fused-ring (bicyclic) bond motifs is 7. The summed E-state index contributed by atoms with van der Waals surface area (Å²) in [7, 11) is 0. The Hall–Kier alpha value is -7.10. The number of nitrogens with zero attached hydrogens (tertiary/aromatic N) is 2. The number of furan rings is 1. The van der Waals surface area contributed by atoms with Crippen LogP contribution < -0.4 is 0 Å². The lowest BCUT2D eigenvalue weighted by Crippen LogP contribution is -2.28. The zero-order valence-electron chi connectivity index (χ0n) is 29.3. The summed E-state index contributed by atoms with van der Waals surface area (Å²) in [5, 5.41) is 3.30. The van der Waals surface area contributed by atoms with Crippen molar-refractivity contribution in [3.8, 4) is 44.9 Å². The highest BCUT2D eigenvalue weighted by atomic mass is 16.3. The number of benzene rings is 8. The van der Waals surface area contributed by atoms with E-state index in [1.54, 1.807) is 0 Å². The lowest BCUT2D eigenvalue weighted by molar-refractivity contribution is 0.667. The van der Waals surface area contributed by atoms with Crippen LogP contribution in [-0.2, 0) is 5.41 Å². The molecule has 1 aliphatic carbocycles. The Kier molecular flexibility index (Phi) is 6.77. The van der Waals surface area contributed by atoms with Crippen LogP contribution in [0.3, 0.4) is 0 Å². The molecule has 10 aromatic rings. The first-order chi connectivity index (χ1) is 26.8. The summed E-state index contributed by atoms with van der Waals surface area (Å²) < 4.78 is 6.60. The van der Waals surface area contributed by atoms with E-state index < -0.39 is 5.41 Å². The molecule has 3 heteroatoms. The molecule has 2 heterocycles. The molecule has 0 N–H and O–H groups in total. The lowest BCUT2D eigenvalue weighted by Gasteiger charge is -2.34. The minimum absolute atomic E-state index is 0.563. The van der Waals surface area contributed by atoms with Crippen molar-refractivity contribution in [3.05, 3.63) is 216 Å². The third-order valence-electron chi connectivity index (χ3n) is 11.2. The first kappa shape index (κ1) is 30.5. The highest BCUT2D eigenvalue weighted by molar-refractivity contribution is 6.08. The predicted molar refractivity (Wildman–Crippen MR) is 220 cm³/mol. The van der Waals surface area contributed by atoms with Gasteiger partial charge in [0.2, 0.25) is 0 Å². The highest BCUT2D eigenvalue weighted by Crippen LogP contribution is 2.58. The van der Waals surface area contributed by atoms with Gasteiger partial charge in [0.25, 0.3) is 0 Å². The van der Waals surface area contributed by atoms with Crippen LogP contribution in [0.25, 0.3) is 77.7 Å². The van der Waals surface area contributed by atoms with Gasteiger partial charge in [-0.1, -0.05) is 164 Å². The van der Waals surface area contributed by atoms with E-state index in [0.717, 1.165) is 49.8 Å². The third-order valence-corrected chi connectivity index (χ3v) is 11.2. The molecule has 0 spiro atoms. The molecule has 0 radical (unpaired) electrons. The van der Waals surface area contributed by atoms with E-state index in [-0.39, 0.29) is 0 Å². The van der Waals surface area contributed by atoms with Crippen LogP contribution in [0.5, 0.6) is 0 Å². The van der Waals surface area contributed by atoms with E-state index in [2.05, 4.69) is 176 Å². The number of hydrogen-bond acceptors (Lipinski definition) is 3. The Morgan fingerprint density at radius 3 is 1.83 bits per heavy atom. The normalized spacial score (nSPS) is 13.0. The molecule has 8 aromatic carbocycles. The largest absolute Gasteiger partial charge is 0.452 e. The fourth-order valence-electron chi connectivity index (χ4n) is 8.77. The molecule has 0 unspecified atom stereocenters. The van der Waals surface area contributed by atoms with Crippen LogP contribution in [-0.4, -0.2) is 9.97 Å². The zero-order chi connectivity index (χ0) is 35.6. The Morgan fingerprint density at radius 1 is 0.407 bits per heavy atom. The van der Waals surface area contributed by atoms with Crippen molar-refractivity contribution < 1.29 is 4.42 Å². The lowest BCUT2D eigenvalue weighted by atomic mass is 9.67. The van der Waals surface area contributed by atoms with Gasteiger partial charge in [0, 0.05) is 16.5 Å². The summed E-state index contributed by atoms with van der Waals surface area (Å²) in [5.41, 5.74) is 14.0. The second-order valence-electron chi connectivity index (χ2n) is 14.1. The van der Waals surface area contributed by atoms with Crippen LogP contribution >= 0.6 is 0 Å². The molecule has 3 nitrogen and oxygen atoms in total. The molecule has 0 atom stereocenters. The van der Waals surface area contributed by atoms with Gasteiger partial charge < -0.3 is 4.42 Å². The monoisotopic (exact) mass is 688 g/mol. The molecule has 11 rings (SSSR count). The van der Waals surface area contributed by atoms with Crippen LogP contribution in [0.2, 0.25) is 0 Å². The standard InChI is InChI=1S/C51H32N2O/c1-4-17-34(18-5-1)41-31-42-39-24-12-14-26-44(39)51(37-20-6-2-7-21-37,38-22-8-3-9-23-38)45(42)32-43(41)50-52-47(36-29-28-33-16-10-11-19-35(33)30-36)49-48(53-50)40-25-13-15-27-46(40)54-49/h1-32H. The van der Waals surface area contributed by atoms with E-state index >= 15 is 0 Å². The maximum atomic E-state index is 6.60. The first-order valence-corrected chi connectivity index (χ1v) is 18.4. The fourth-order valence-corrected chi connectivity index (χ4v) is 8.77.